The second-order valence-corrected chi connectivity index (χ2v) is 6.89. The number of hydrogen-bond acceptors (Lipinski definition) is 4. The van der Waals surface area contributed by atoms with Crippen molar-refractivity contribution in [2.24, 2.45) is 12.0 Å². The van der Waals surface area contributed by atoms with Crippen LogP contribution >= 0.6 is 35.3 Å². The van der Waals surface area contributed by atoms with Crippen LogP contribution in [0, 0.1) is 0 Å². The monoisotopic (exact) mass is 476 g/mol. The van der Waals surface area contributed by atoms with Crippen molar-refractivity contribution in [3.8, 4) is 0 Å². The Morgan fingerprint density at radius 2 is 2.16 bits per heavy atom. The maximum Gasteiger partial charge on any atom is 0.194 e. The van der Waals surface area contributed by atoms with Crippen molar-refractivity contribution >= 4 is 41.3 Å². The minimum Gasteiger partial charge on any atom is -0.357 e. The van der Waals surface area contributed by atoms with Gasteiger partial charge in [0, 0.05) is 38.9 Å². The van der Waals surface area contributed by atoms with Crippen molar-refractivity contribution in [2.45, 2.75) is 19.5 Å². The standard InChI is InChI=1S/C17H28N6S.HI/c1-6-18-17(22(4)11-14-7-8-24-13-14)19-10-16(21(2)3)15-9-20-23(5)12-15;/h7-9,12-13,16H,6,10-11H2,1-5H3,(H,18,19);1H. The lowest BCUT2D eigenvalue weighted by Crippen LogP contribution is -2.39. The highest BCUT2D eigenvalue weighted by Gasteiger charge is 2.16. The van der Waals surface area contributed by atoms with Gasteiger partial charge in [0.1, 0.15) is 0 Å². The highest BCUT2D eigenvalue weighted by molar-refractivity contribution is 14.0. The molecule has 0 spiro atoms. The van der Waals surface area contributed by atoms with Gasteiger partial charge in [-0.2, -0.15) is 16.4 Å². The topological polar surface area (TPSA) is 48.7 Å². The summed E-state index contributed by atoms with van der Waals surface area (Å²) >= 11 is 1.73. The molecule has 6 nitrogen and oxygen atoms in total. The van der Waals surface area contributed by atoms with Crippen molar-refractivity contribution in [3.05, 3.63) is 40.3 Å². The maximum atomic E-state index is 4.86. The van der Waals surface area contributed by atoms with Crippen molar-refractivity contribution in [2.75, 3.05) is 34.2 Å². The molecule has 0 saturated carbocycles. The quantitative estimate of drug-likeness (QED) is 0.380. The van der Waals surface area contributed by atoms with Crippen molar-refractivity contribution in [1.29, 1.82) is 0 Å². The zero-order valence-corrected chi connectivity index (χ0v) is 18.8. The first-order valence-corrected chi connectivity index (χ1v) is 9.11. The van der Waals surface area contributed by atoms with Crippen LogP contribution < -0.4 is 5.32 Å². The average Bonchev–Trinajstić information content (AvgIpc) is 3.18. The predicted molar refractivity (Wildman–Crippen MR) is 117 cm³/mol. The van der Waals surface area contributed by atoms with Gasteiger partial charge in [-0.3, -0.25) is 9.67 Å². The van der Waals surface area contributed by atoms with E-state index in [0.717, 1.165) is 19.0 Å². The lowest BCUT2D eigenvalue weighted by atomic mass is 10.1. The van der Waals surface area contributed by atoms with Crippen LogP contribution in [0.3, 0.4) is 0 Å². The molecule has 0 radical (unpaired) electrons. The van der Waals surface area contributed by atoms with Crippen LogP contribution in [-0.2, 0) is 13.6 Å². The first-order valence-electron chi connectivity index (χ1n) is 8.16. The molecule has 0 aliphatic carbocycles. The van der Waals surface area contributed by atoms with Crippen LogP contribution in [0.5, 0.6) is 0 Å². The summed E-state index contributed by atoms with van der Waals surface area (Å²) in [7, 11) is 8.18. The molecule has 0 aromatic carbocycles. The van der Waals surface area contributed by atoms with Crippen LogP contribution in [0.2, 0.25) is 0 Å². The number of aliphatic imine (C=N–C) groups is 1. The number of guanidine groups is 1. The number of nitrogens with zero attached hydrogens (tertiary/aromatic N) is 5. The summed E-state index contributed by atoms with van der Waals surface area (Å²) in [6.45, 7) is 4.49. The Kier molecular flexibility index (Phi) is 9.44. The second kappa shape index (κ2) is 10.8. The van der Waals surface area contributed by atoms with Crippen molar-refractivity contribution < 1.29 is 0 Å². The highest BCUT2D eigenvalue weighted by atomic mass is 127. The third-order valence-corrected chi connectivity index (χ3v) is 4.58. The molecule has 1 N–H and O–H groups in total. The Balaban J connectivity index is 0.00000312. The van der Waals surface area contributed by atoms with Gasteiger partial charge in [-0.15, -0.1) is 24.0 Å². The fraction of sp³-hybridized carbons (Fsp3) is 0.529. The number of thiophene rings is 1. The van der Waals surface area contributed by atoms with Crippen LogP contribution in [0.25, 0.3) is 0 Å². The third-order valence-electron chi connectivity index (χ3n) is 3.84. The largest absolute Gasteiger partial charge is 0.357 e. The molecule has 8 heteroatoms. The molecule has 0 aliphatic heterocycles. The van der Waals surface area contributed by atoms with Gasteiger partial charge in [0.2, 0.25) is 0 Å². The van der Waals surface area contributed by atoms with E-state index in [-0.39, 0.29) is 30.0 Å². The summed E-state index contributed by atoms with van der Waals surface area (Å²) in [5, 5.41) is 12.0. The Morgan fingerprint density at radius 1 is 1.40 bits per heavy atom. The lowest BCUT2D eigenvalue weighted by Gasteiger charge is -2.25. The number of aromatic nitrogens is 2. The number of likely N-dealkylation sites (N-methyl/N-ethyl adjacent to an activating group) is 1. The molecule has 25 heavy (non-hydrogen) atoms. The molecule has 0 aliphatic rings. The molecule has 0 bridgehead atoms. The Bertz CT molecular complexity index is 637. The van der Waals surface area contributed by atoms with Crippen molar-refractivity contribution in [3.63, 3.8) is 0 Å². The van der Waals surface area contributed by atoms with Gasteiger partial charge < -0.3 is 15.1 Å². The van der Waals surface area contributed by atoms with Crippen molar-refractivity contribution in [1.82, 2.24) is 24.9 Å². The first kappa shape index (κ1) is 21.9. The van der Waals surface area contributed by atoms with Crippen LogP contribution in [-0.4, -0.2) is 59.8 Å². The second-order valence-electron chi connectivity index (χ2n) is 6.11. The van der Waals surface area contributed by atoms with Gasteiger partial charge >= 0.3 is 0 Å². The van der Waals surface area contributed by atoms with E-state index in [2.05, 4.69) is 71.3 Å². The van der Waals surface area contributed by atoms with E-state index in [1.807, 2.05) is 17.9 Å². The Hall–Kier alpha value is -1.13. The van der Waals surface area contributed by atoms with Gasteiger partial charge in [-0.05, 0) is 43.4 Å². The number of hydrogen-bond donors (Lipinski definition) is 1. The van der Waals surface area contributed by atoms with Gasteiger partial charge in [0.05, 0.1) is 18.8 Å². The number of nitrogens with one attached hydrogen (secondary N) is 1. The molecule has 140 valence electrons. The van der Waals surface area contributed by atoms with E-state index in [1.54, 1.807) is 11.3 Å². The molecule has 1 atom stereocenters. The zero-order chi connectivity index (χ0) is 17.5. The zero-order valence-electron chi connectivity index (χ0n) is 15.6. The van der Waals surface area contributed by atoms with E-state index in [4.69, 9.17) is 4.99 Å². The van der Waals surface area contributed by atoms with Crippen LogP contribution in [0.15, 0.2) is 34.2 Å². The summed E-state index contributed by atoms with van der Waals surface area (Å²) < 4.78 is 1.84. The SMILES string of the molecule is CCNC(=NCC(c1cnn(C)c1)N(C)C)N(C)Cc1ccsc1.I. The molecular weight excluding hydrogens is 447 g/mol. The average molecular weight is 476 g/mol. The number of rotatable bonds is 7. The minimum absolute atomic E-state index is 0. The molecule has 2 aromatic heterocycles. The van der Waals surface area contributed by atoms with E-state index in [0.29, 0.717) is 6.54 Å². The molecule has 2 aromatic rings. The molecule has 0 amide bonds. The first-order chi connectivity index (χ1) is 11.5. The molecular formula is C17H29IN6S. The smallest absolute Gasteiger partial charge is 0.194 e. The van der Waals surface area contributed by atoms with E-state index >= 15 is 0 Å². The number of halogens is 1. The van der Waals surface area contributed by atoms with Gasteiger partial charge in [-0.25, -0.2) is 0 Å². The van der Waals surface area contributed by atoms with E-state index < -0.39 is 0 Å². The van der Waals surface area contributed by atoms with E-state index in [9.17, 15) is 0 Å². The molecule has 2 rings (SSSR count). The fourth-order valence-electron chi connectivity index (χ4n) is 2.55. The summed E-state index contributed by atoms with van der Waals surface area (Å²) in [6, 6.07) is 2.37. The van der Waals surface area contributed by atoms with Crippen LogP contribution in [0.4, 0.5) is 0 Å². The van der Waals surface area contributed by atoms with Gasteiger partial charge in [0.15, 0.2) is 5.96 Å². The summed E-state index contributed by atoms with van der Waals surface area (Å²) in [5.74, 6) is 0.930. The summed E-state index contributed by atoms with van der Waals surface area (Å²) in [5.41, 5.74) is 2.49. The highest BCUT2D eigenvalue weighted by Crippen LogP contribution is 2.18. The maximum absolute atomic E-state index is 4.86. The van der Waals surface area contributed by atoms with Gasteiger partial charge in [-0.1, -0.05) is 0 Å². The Labute approximate surface area is 171 Å². The molecule has 0 fully saturated rings. The van der Waals surface area contributed by atoms with Crippen LogP contribution in [0.1, 0.15) is 24.1 Å². The third kappa shape index (κ3) is 6.59. The normalized spacial score (nSPS) is 12.8. The predicted octanol–water partition coefficient (Wildman–Crippen LogP) is 2.80. The molecule has 1 unspecified atom stereocenters. The lowest BCUT2D eigenvalue weighted by molar-refractivity contribution is 0.305. The number of aryl methyl sites for hydroxylation is 1. The summed E-state index contributed by atoms with van der Waals surface area (Å²) in [6.07, 6.45) is 3.98. The van der Waals surface area contributed by atoms with Gasteiger partial charge in [0.25, 0.3) is 0 Å². The summed E-state index contributed by atoms with van der Waals surface area (Å²) in [4.78, 5) is 9.21. The molecule has 2 heterocycles. The Morgan fingerprint density at radius 3 is 2.68 bits per heavy atom. The van der Waals surface area contributed by atoms with E-state index in [1.165, 1.54) is 11.1 Å². The fourth-order valence-corrected chi connectivity index (χ4v) is 3.21. The molecule has 0 saturated heterocycles. The minimum atomic E-state index is 0.